The molecule has 1 saturated carbocycles. The Balaban J connectivity index is 1.59. The lowest BCUT2D eigenvalue weighted by Gasteiger charge is -2.40. The number of morpholine rings is 1. The summed E-state index contributed by atoms with van der Waals surface area (Å²) >= 11 is 0. The van der Waals surface area contributed by atoms with E-state index in [9.17, 15) is 4.79 Å². The number of nitrogens with one attached hydrogen (secondary N) is 1. The van der Waals surface area contributed by atoms with Crippen LogP contribution in [0.3, 0.4) is 0 Å². The van der Waals surface area contributed by atoms with Crippen molar-refractivity contribution in [2.45, 2.75) is 38.0 Å². The van der Waals surface area contributed by atoms with E-state index in [0.29, 0.717) is 24.6 Å². The number of pyridine rings is 1. The minimum atomic E-state index is 0.0126. The quantitative estimate of drug-likeness (QED) is 0.928. The first-order chi connectivity index (χ1) is 12.3. The summed E-state index contributed by atoms with van der Waals surface area (Å²) in [5.41, 5.74) is 1.74. The summed E-state index contributed by atoms with van der Waals surface area (Å²) in [4.78, 5) is 18.0. The third kappa shape index (κ3) is 3.36. The van der Waals surface area contributed by atoms with Crippen molar-refractivity contribution in [2.24, 2.45) is 5.92 Å². The summed E-state index contributed by atoms with van der Waals surface area (Å²) in [6.07, 6.45) is 3.83. The first-order valence-electron chi connectivity index (χ1n) is 9.22. The Bertz CT molecular complexity index is 788. The molecule has 1 N–H and O–H groups in total. The maximum absolute atomic E-state index is 12.5. The van der Waals surface area contributed by atoms with Gasteiger partial charge in [0, 0.05) is 43.2 Å². The van der Waals surface area contributed by atoms with E-state index in [4.69, 9.17) is 9.47 Å². The Hall–Kier alpha value is -1.69. The van der Waals surface area contributed by atoms with Crippen LogP contribution in [-0.2, 0) is 16.0 Å². The van der Waals surface area contributed by atoms with Crippen molar-refractivity contribution >= 4 is 10.9 Å². The van der Waals surface area contributed by atoms with Crippen LogP contribution < -0.4 is 5.56 Å². The van der Waals surface area contributed by atoms with E-state index in [2.05, 4.69) is 9.88 Å². The van der Waals surface area contributed by atoms with Gasteiger partial charge in [0.25, 0.3) is 5.56 Å². The van der Waals surface area contributed by atoms with Crippen LogP contribution in [0.25, 0.3) is 10.9 Å². The molecule has 0 radical (unpaired) electrons. The number of H-pyrrole nitrogens is 1. The zero-order valence-electron chi connectivity index (χ0n) is 14.7. The molecule has 1 aliphatic heterocycles. The zero-order valence-corrected chi connectivity index (χ0v) is 14.7. The van der Waals surface area contributed by atoms with E-state index >= 15 is 0 Å². The Morgan fingerprint density at radius 2 is 2.20 bits per heavy atom. The number of rotatable bonds is 4. The molecular formula is C20H26N2O3. The van der Waals surface area contributed by atoms with Gasteiger partial charge in [0.15, 0.2) is 0 Å². The second-order valence-corrected chi connectivity index (χ2v) is 7.19. The maximum Gasteiger partial charge on any atom is 0.252 e. The predicted molar refractivity (Wildman–Crippen MR) is 97.7 cm³/mol. The molecule has 5 heteroatoms. The molecule has 5 nitrogen and oxygen atoms in total. The molecule has 0 spiro atoms. The molecule has 1 saturated heterocycles. The third-order valence-corrected chi connectivity index (χ3v) is 5.78. The lowest BCUT2D eigenvalue weighted by molar-refractivity contribution is -0.0609. The van der Waals surface area contributed by atoms with Crippen LogP contribution in [-0.4, -0.2) is 48.9 Å². The summed E-state index contributed by atoms with van der Waals surface area (Å²) < 4.78 is 11.5. The van der Waals surface area contributed by atoms with Crippen LogP contribution in [0.1, 0.15) is 24.8 Å². The second kappa shape index (κ2) is 7.28. The lowest BCUT2D eigenvalue weighted by atomic mass is 9.93. The number of hydrogen-bond donors (Lipinski definition) is 1. The van der Waals surface area contributed by atoms with Crippen molar-refractivity contribution in [3.05, 3.63) is 46.2 Å². The lowest BCUT2D eigenvalue weighted by Crippen LogP contribution is -2.51. The van der Waals surface area contributed by atoms with E-state index in [-0.39, 0.29) is 5.56 Å². The number of aromatic amines is 1. The van der Waals surface area contributed by atoms with Gasteiger partial charge in [0.2, 0.25) is 0 Å². The van der Waals surface area contributed by atoms with E-state index in [1.165, 1.54) is 12.8 Å². The van der Waals surface area contributed by atoms with Gasteiger partial charge in [0.05, 0.1) is 19.3 Å². The van der Waals surface area contributed by atoms with Crippen LogP contribution in [0.5, 0.6) is 0 Å². The molecule has 1 aliphatic carbocycles. The Morgan fingerprint density at radius 1 is 1.32 bits per heavy atom. The molecule has 2 aromatic rings. The number of nitrogens with zero attached hydrogens (tertiary/aromatic N) is 1. The van der Waals surface area contributed by atoms with Gasteiger partial charge in [-0.1, -0.05) is 24.6 Å². The van der Waals surface area contributed by atoms with Crippen LogP contribution >= 0.6 is 0 Å². The van der Waals surface area contributed by atoms with Gasteiger partial charge in [0.1, 0.15) is 0 Å². The van der Waals surface area contributed by atoms with E-state index in [1.54, 1.807) is 0 Å². The fraction of sp³-hybridized carbons (Fsp3) is 0.550. The molecule has 3 atom stereocenters. The molecule has 0 amide bonds. The fourth-order valence-electron chi connectivity index (χ4n) is 4.46. The third-order valence-electron chi connectivity index (χ3n) is 5.78. The van der Waals surface area contributed by atoms with Gasteiger partial charge < -0.3 is 14.5 Å². The average Bonchev–Trinajstić information content (AvgIpc) is 3.11. The number of hydrogen-bond acceptors (Lipinski definition) is 4. The molecule has 2 heterocycles. The van der Waals surface area contributed by atoms with Crippen LogP contribution in [0.4, 0.5) is 0 Å². The second-order valence-electron chi connectivity index (χ2n) is 7.19. The topological polar surface area (TPSA) is 54.6 Å². The maximum atomic E-state index is 12.5. The minimum absolute atomic E-state index is 0.0126. The highest BCUT2D eigenvalue weighted by Crippen LogP contribution is 2.34. The van der Waals surface area contributed by atoms with E-state index in [1.807, 2.05) is 37.4 Å². The minimum Gasteiger partial charge on any atom is -0.381 e. The fourth-order valence-corrected chi connectivity index (χ4v) is 4.46. The van der Waals surface area contributed by atoms with Gasteiger partial charge in [-0.3, -0.25) is 9.69 Å². The highest BCUT2D eigenvalue weighted by molar-refractivity contribution is 5.78. The number of ether oxygens (including phenoxy) is 2. The van der Waals surface area contributed by atoms with Crippen molar-refractivity contribution < 1.29 is 9.47 Å². The number of aromatic nitrogens is 1. The first-order valence-corrected chi connectivity index (χ1v) is 9.22. The van der Waals surface area contributed by atoms with Crippen molar-refractivity contribution in [1.29, 1.82) is 0 Å². The molecular weight excluding hydrogens is 316 g/mol. The van der Waals surface area contributed by atoms with E-state index in [0.717, 1.165) is 42.6 Å². The largest absolute Gasteiger partial charge is 0.381 e. The Kier molecular flexibility index (Phi) is 4.88. The van der Waals surface area contributed by atoms with E-state index < -0.39 is 0 Å². The molecule has 2 aliphatic rings. The average molecular weight is 342 g/mol. The summed E-state index contributed by atoms with van der Waals surface area (Å²) in [5, 5.41) is 1.08. The predicted octanol–water partition coefficient (Wildman–Crippen LogP) is 2.54. The number of methoxy groups -OCH3 is 1. The molecule has 1 aromatic carbocycles. The van der Waals surface area contributed by atoms with Crippen molar-refractivity contribution in [3.8, 4) is 0 Å². The summed E-state index contributed by atoms with van der Waals surface area (Å²) in [6, 6.07) is 10.3. The van der Waals surface area contributed by atoms with Gasteiger partial charge in [-0.2, -0.15) is 0 Å². The molecule has 0 unspecified atom stereocenters. The van der Waals surface area contributed by atoms with Crippen LogP contribution in [0.15, 0.2) is 35.1 Å². The molecule has 0 bridgehead atoms. The Labute approximate surface area is 147 Å². The summed E-state index contributed by atoms with van der Waals surface area (Å²) in [5.74, 6) is 0.491. The monoisotopic (exact) mass is 342 g/mol. The first kappa shape index (κ1) is 16.8. The number of benzene rings is 1. The zero-order chi connectivity index (χ0) is 17.2. The van der Waals surface area contributed by atoms with Crippen molar-refractivity contribution in [2.75, 3.05) is 26.9 Å². The highest BCUT2D eigenvalue weighted by atomic mass is 16.5. The molecule has 134 valence electrons. The Morgan fingerprint density at radius 3 is 3.08 bits per heavy atom. The van der Waals surface area contributed by atoms with Crippen LogP contribution in [0.2, 0.25) is 0 Å². The van der Waals surface area contributed by atoms with Gasteiger partial charge in [-0.15, -0.1) is 0 Å². The normalized spacial score (nSPS) is 27.8. The summed E-state index contributed by atoms with van der Waals surface area (Å²) in [6.45, 7) is 2.99. The van der Waals surface area contributed by atoms with Gasteiger partial charge >= 0.3 is 0 Å². The molecule has 2 fully saturated rings. The van der Waals surface area contributed by atoms with Crippen LogP contribution in [0, 0.1) is 5.92 Å². The van der Waals surface area contributed by atoms with Crippen molar-refractivity contribution in [3.63, 3.8) is 0 Å². The number of fused-ring (bicyclic) bond motifs is 1. The molecule has 25 heavy (non-hydrogen) atoms. The SMILES string of the molecule is CO[C@@H]1CCC[C@H]1[C@H]1COCCN1Cc1cc2ccccc2[nH]c1=O. The van der Waals surface area contributed by atoms with Crippen molar-refractivity contribution in [1.82, 2.24) is 9.88 Å². The summed E-state index contributed by atoms with van der Waals surface area (Å²) in [7, 11) is 1.81. The highest BCUT2D eigenvalue weighted by Gasteiger charge is 2.38. The smallest absolute Gasteiger partial charge is 0.252 e. The molecule has 1 aromatic heterocycles. The number of para-hydroxylation sites is 1. The standard InChI is InChI=1S/C20H26N2O3/c1-24-19-8-4-6-16(19)18-13-25-10-9-22(18)12-15-11-14-5-2-3-7-17(14)21-20(15)23/h2-3,5,7,11,16,18-19H,4,6,8-10,12-13H2,1H3,(H,21,23)/t16-,18+,19+/m0/s1. The molecule has 4 rings (SSSR count). The van der Waals surface area contributed by atoms with Gasteiger partial charge in [-0.25, -0.2) is 0 Å². The van der Waals surface area contributed by atoms with Gasteiger partial charge in [-0.05, 0) is 30.4 Å².